The standard InChI is InChI=1S/C18H48N4Si3/c1-13-20(14-2)23(9,10)22(24(11,12)21(15-3)16-4)25(17-5,18-6)19(7)8/h13-18H2,1-12H3. The summed E-state index contributed by atoms with van der Waals surface area (Å²) in [6.07, 6.45) is 0. The zero-order valence-corrected chi connectivity index (χ0v) is 22.5. The largest absolute Gasteiger partial charge is 0.332 e. The van der Waals surface area contributed by atoms with Crippen molar-refractivity contribution in [3.63, 3.8) is 0 Å². The lowest BCUT2D eigenvalue weighted by Gasteiger charge is -2.62. The van der Waals surface area contributed by atoms with Crippen molar-refractivity contribution >= 4 is 25.2 Å². The van der Waals surface area contributed by atoms with Crippen LogP contribution in [0.1, 0.15) is 41.5 Å². The summed E-state index contributed by atoms with van der Waals surface area (Å²) in [5.41, 5.74) is 0. The summed E-state index contributed by atoms with van der Waals surface area (Å²) in [6.45, 7) is 29.4. The maximum Gasteiger partial charge on any atom is 0.194 e. The SMILES string of the molecule is CCN(CC)[Si](C)(C)N([Si](C)(C)N(CC)CC)[Si](CC)(CC)N(C)C. The monoisotopic (exact) mass is 404 g/mol. The van der Waals surface area contributed by atoms with Crippen LogP contribution in [-0.2, 0) is 0 Å². The number of hydrogen-bond donors (Lipinski definition) is 0. The first-order chi connectivity index (χ1) is 11.5. The van der Waals surface area contributed by atoms with Gasteiger partial charge in [-0.1, -0.05) is 41.5 Å². The summed E-state index contributed by atoms with van der Waals surface area (Å²) in [5.74, 6) is 0. The Balaban J connectivity index is 6.60. The van der Waals surface area contributed by atoms with Gasteiger partial charge in [0, 0.05) is 0 Å². The van der Waals surface area contributed by atoms with Crippen LogP contribution in [0.15, 0.2) is 0 Å². The van der Waals surface area contributed by atoms with Gasteiger partial charge in [-0.3, -0.25) is 0 Å². The minimum absolute atomic E-state index is 1.17. The van der Waals surface area contributed by atoms with E-state index in [0.29, 0.717) is 0 Å². The molecule has 0 fully saturated rings. The van der Waals surface area contributed by atoms with Gasteiger partial charge in [-0.15, -0.1) is 0 Å². The zero-order chi connectivity index (χ0) is 20.1. The second kappa shape index (κ2) is 10.1. The maximum absolute atomic E-state index is 3.22. The first-order valence-electron chi connectivity index (χ1n) is 10.5. The zero-order valence-electron chi connectivity index (χ0n) is 19.5. The second-order valence-electron chi connectivity index (χ2n) is 8.25. The molecule has 152 valence electrons. The summed E-state index contributed by atoms with van der Waals surface area (Å²) in [4.78, 5) is 0. The van der Waals surface area contributed by atoms with Crippen LogP contribution in [0.25, 0.3) is 0 Å². The summed E-state index contributed by atoms with van der Waals surface area (Å²) >= 11 is 0. The number of hydrogen-bond acceptors (Lipinski definition) is 4. The molecule has 0 saturated carbocycles. The Morgan fingerprint density at radius 2 is 0.840 bits per heavy atom. The van der Waals surface area contributed by atoms with Crippen LogP contribution in [0, 0.1) is 0 Å². The highest BCUT2D eigenvalue weighted by Crippen LogP contribution is 2.36. The lowest BCUT2D eigenvalue weighted by molar-refractivity contribution is 0.395. The van der Waals surface area contributed by atoms with E-state index in [0.717, 1.165) is 0 Å². The molecule has 0 aromatic carbocycles. The van der Waals surface area contributed by atoms with E-state index < -0.39 is 25.2 Å². The molecule has 0 heterocycles. The molecule has 4 nitrogen and oxygen atoms in total. The Morgan fingerprint density at radius 3 is 1.00 bits per heavy atom. The lowest BCUT2D eigenvalue weighted by atomic mass is 10.7. The molecule has 0 aliphatic heterocycles. The molecule has 0 amide bonds. The molecule has 0 aliphatic rings. The molecule has 0 aliphatic carbocycles. The molecular weight excluding hydrogens is 356 g/mol. The number of nitrogens with zero attached hydrogens (tertiary/aromatic N) is 4. The molecule has 0 rings (SSSR count). The van der Waals surface area contributed by atoms with Crippen LogP contribution >= 0.6 is 0 Å². The van der Waals surface area contributed by atoms with E-state index >= 15 is 0 Å². The van der Waals surface area contributed by atoms with E-state index in [1.807, 2.05) is 0 Å². The van der Waals surface area contributed by atoms with E-state index in [1.54, 1.807) is 0 Å². The lowest BCUT2D eigenvalue weighted by Crippen LogP contribution is -2.84. The highest BCUT2D eigenvalue weighted by molar-refractivity contribution is 7.02. The van der Waals surface area contributed by atoms with Crippen LogP contribution in [0.2, 0.25) is 38.3 Å². The molecule has 0 aromatic heterocycles. The minimum atomic E-state index is -1.73. The maximum atomic E-state index is 3.22. The first-order valence-corrected chi connectivity index (χ1v) is 18.5. The molecule has 0 saturated heterocycles. The summed E-state index contributed by atoms with van der Waals surface area (Å²) < 4.78 is 11.5. The fourth-order valence-corrected chi connectivity index (χ4v) is 30.1. The van der Waals surface area contributed by atoms with Crippen LogP contribution < -0.4 is 0 Å². The molecular formula is C18H48N4Si3. The van der Waals surface area contributed by atoms with Crippen molar-refractivity contribution in [2.45, 2.75) is 79.8 Å². The molecule has 0 atom stereocenters. The highest BCUT2D eigenvalue weighted by atomic mass is 28.5. The summed E-state index contributed by atoms with van der Waals surface area (Å²) in [6, 6.07) is 2.62. The Morgan fingerprint density at radius 1 is 0.560 bits per heavy atom. The fraction of sp³-hybridized carbons (Fsp3) is 1.00. The van der Waals surface area contributed by atoms with Gasteiger partial charge >= 0.3 is 0 Å². The topological polar surface area (TPSA) is 13.0 Å². The predicted molar refractivity (Wildman–Crippen MR) is 123 cm³/mol. The fourth-order valence-electron chi connectivity index (χ4n) is 5.36. The average molecular weight is 405 g/mol. The van der Waals surface area contributed by atoms with Gasteiger partial charge in [0.05, 0.1) is 0 Å². The van der Waals surface area contributed by atoms with Gasteiger partial charge in [-0.25, -0.2) is 0 Å². The van der Waals surface area contributed by atoms with Gasteiger partial charge in [0.25, 0.3) is 0 Å². The van der Waals surface area contributed by atoms with Crippen LogP contribution in [0.4, 0.5) is 0 Å². The van der Waals surface area contributed by atoms with Crippen molar-refractivity contribution in [2.24, 2.45) is 0 Å². The molecule has 0 aromatic rings. The molecule has 0 unspecified atom stereocenters. The molecule has 7 heteroatoms. The molecule has 0 radical (unpaired) electrons. The quantitative estimate of drug-likeness (QED) is 0.446. The van der Waals surface area contributed by atoms with E-state index in [4.69, 9.17) is 0 Å². The van der Waals surface area contributed by atoms with Gasteiger partial charge in [0.2, 0.25) is 0 Å². The van der Waals surface area contributed by atoms with Crippen molar-refractivity contribution in [2.75, 3.05) is 40.3 Å². The van der Waals surface area contributed by atoms with Crippen LogP contribution in [0.5, 0.6) is 0 Å². The third kappa shape index (κ3) is 4.86. The van der Waals surface area contributed by atoms with E-state index in [1.165, 1.54) is 38.3 Å². The van der Waals surface area contributed by atoms with Gasteiger partial charge < -0.3 is 17.6 Å². The van der Waals surface area contributed by atoms with Crippen molar-refractivity contribution in [3.8, 4) is 0 Å². The van der Waals surface area contributed by atoms with Crippen LogP contribution in [0.3, 0.4) is 0 Å². The Labute approximate surface area is 163 Å². The third-order valence-corrected chi connectivity index (χ3v) is 26.9. The van der Waals surface area contributed by atoms with Gasteiger partial charge in [-0.2, -0.15) is 0 Å². The predicted octanol–water partition coefficient (Wildman–Crippen LogP) is 4.42. The van der Waals surface area contributed by atoms with Crippen molar-refractivity contribution in [3.05, 3.63) is 0 Å². The van der Waals surface area contributed by atoms with Crippen molar-refractivity contribution in [1.82, 2.24) is 17.6 Å². The molecule has 0 N–H and O–H groups in total. The summed E-state index contributed by atoms with van der Waals surface area (Å²) in [5, 5.41) is 0. The van der Waals surface area contributed by atoms with Crippen molar-refractivity contribution in [1.29, 1.82) is 0 Å². The van der Waals surface area contributed by atoms with Crippen LogP contribution in [-0.4, -0.2) is 83.1 Å². The molecule has 25 heavy (non-hydrogen) atoms. The number of rotatable bonds is 12. The highest BCUT2D eigenvalue weighted by Gasteiger charge is 2.56. The smallest absolute Gasteiger partial charge is 0.194 e. The minimum Gasteiger partial charge on any atom is -0.332 e. The Bertz CT molecular complexity index is 353. The first kappa shape index (κ1) is 25.5. The average Bonchev–Trinajstić information content (AvgIpc) is 2.53. The van der Waals surface area contributed by atoms with Crippen molar-refractivity contribution < 1.29 is 0 Å². The van der Waals surface area contributed by atoms with E-state index in [-0.39, 0.29) is 0 Å². The Kier molecular flexibility index (Phi) is 10.3. The van der Waals surface area contributed by atoms with Gasteiger partial charge in [0.15, 0.2) is 25.2 Å². The van der Waals surface area contributed by atoms with Gasteiger partial charge in [-0.05, 0) is 78.6 Å². The third-order valence-electron chi connectivity index (χ3n) is 6.55. The molecule has 0 spiro atoms. The second-order valence-corrected chi connectivity index (χ2v) is 22.5. The molecule has 0 bridgehead atoms. The van der Waals surface area contributed by atoms with E-state index in [2.05, 4.69) is 99.4 Å². The summed E-state index contributed by atoms with van der Waals surface area (Å²) in [7, 11) is -0.452. The van der Waals surface area contributed by atoms with E-state index in [9.17, 15) is 0 Å². The van der Waals surface area contributed by atoms with Gasteiger partial charge in [0.1, 0.15) is 0 Å². The Hall–Kier alpha value is 0.491. The normalized spacial score (nSPS) is 14.4.